The first-order valence-electron chi connectivity index (χ1n) is 2.70. The zero-order valence-electron chi connectivity index (χ0n) is 4.87. The van der Waals surface area contributed by atoms with E-state index in [1.807, 2.05) is 0 Å². The van der Waals surface area contributed by atoms with Gasteiger partial charge in [0.05, 0.1) is 6.54 Å². The minimum atomic E-state index is 0.640. The van der Waals surface area contributed by atoms with Crippen LogP contribution >= 0.6 is 11.6 Å². The van der Waals surface area contributed by atoms with Crippen LogP contribution in [0, 0.1) is 0 Å². The Labute approximate surface area is 57.8 Å². The van der Waals surface area contributed by atoms with E-state index in [2.05, 4.69) is 15.4 Å². The molecule has 0 aliphatic heterocycles. The first kappa shape index (κ1) is 6.48. The Bertz CT molecular complexity index is 150. The summed E-state index contributed by atoms with van der Waals surface area (Å²) in [6, 6.07) is 0. The van der Waals surface area contributed by atoms with Gasteiger partial charge in [0, 0.05) is 5.88 Å². The van der Waals surface area contributed by atoms with Crippen LogP contribution in [-0.4, -0.2) is 26.1 Å². The second-order valence-electron chi connectivity index (χ2n) is 1.57. The smallest absolute Gasteiger partial charge is 0.162 e. The number of aromatic nitrogens is 4. The minimum Gasteiger partial charge on any atom is -0.164 e. The standard InChI is InChI=1S/C4H7ClN4/c5-2-1-3-9-7-4-6-8-9/h4H,1-3H2. The molecular weight excluding hydrogens is 140 g/mol. The van der Waals surface area contributed by atoms with E-state index < -0.39 is 0 Å². The third kappa shape index (κ3) is 1.97. The number of aryl methyl sites for hydroxylation is 1. The first-order chi connectivity index (χ1) is 4.43. The van der Waals surface area contributed by atoms with Gasteiger partial charge in [-0.1, -0.05) is 0 Å². The summed E-state index contributed by atoms with van der Waals surface area (Å²) in [5.74, 6) is 0.640. The van der Waals surface area contributed by atoms with Gasteiger partial charge in [0.25, 0.3) is 0 Å². The fraction of sp³-hybridized carbons (Fsp3) is 0.750. The van der Waals surface area contributed by atoms with E-state index in [1.54, 1.807) is 0 Å². The molecule has 0 amide bonds. The van der Waals surface area contributed by atoms with Gasteiger partial charge in [-0.05, 0) is 11.6 Å². The molecule has 0 saturated heterocycles. The minimum absolute atomic E-state index is 0.640. The number of hydrogen-bond acceptors (Lipinski definition) is 3. The average Bonchev–Trinajstić information content (AvgIpc) is 2.34. The second-order valence-corrected chi connectivity index (χ2v) is 1.95. The quantitative estimate of drug-likeness (QED) is 0.577. The molecule has 0 unspecified atom stereocenters. The zero-order chi connectivity index (χ0) is 6.53. The van der Waals surface area contributed by atoms with E-state index >= 15 is 0 Å². The van der Waals surface area contributed by atoms with E-state index in [9.17, 15) is 0 Å². The Kier molecular flexibility index (Phi) is 2.45. The summed E-state index contributed by atoms with van der Waals surface area (Å²) in [5, 5.41) is 11.0. The predicted molar refractivity (Wildman–Crippen MR) is 33.2 cm³/mol. The van der Waals surface area contributed by atoms with Crippen molar-refractivity contribution >= 4 is 11.6 Å². The molecule has 50 valence electrons. The number of nitrogens with zero attached hydrogens (tertiary/aromatic N) is 4. The van der Waals surface area contributed by atoms with E-state index in [4.69, 9.17) is 11.6 Å². The maximum absolute atomic E-state index is 5.43. The van der Waals surface area contributed by atoms with Gasteiger partial charge in [0.15, 0.2) is 6.33 Å². The van der Waals surface area contributed by atoms with Crippen LogP contribution in [0.1, 0.15) is 6.42 Å². The molecule has 0 aromatic carbocycles. The van der Waals surface area contributed by atoms with Crippen molar-refractivity contribution in [2.75, 3.05) is 5.88 Å². The first-order valence-corrected chi connectivity index (χ1v) is 3.23. The van der Waals surface area contributed by atoms with Crippen molar-refractivity contribution in [2.24, 2.45) is 0 Å². The molecule has 0 saturated carbocycles. The van der Waals surface area contributed by atoms with Crippen LogP contribution in [0.5, 0.6) is 0 Å². The Morgan fingerprint density at radius 2 is 2.44 bits per heavy atom. The largest absolute Gasteiger partial charge is 0.164 e. The summed E-state index contributed by atoms with van der Waals surface area (Å²) in [6.07, 6.45) is 2.30. The maximum Gasteiger partial charge on any atom is 0.162 e. The maximum atomic E-state index is 5.43. The molecule has 5 heteroatoms. The van der Waals surface area contributed by atoms with Crippen molar-refractivity contribution in [1.82, 2.24) is 20.2 Å². The van der Waals surface area contributed by atoms with Gasteiger partial charge in [-0.3, -0.25) is 0 Å². The number of halogens is 1. The third-order valence-electron chi connectivity index (χ3n) is 0.883. The molecule has 1 rings (SSSR count). The van der Waals surface area contributed by atoms with Crippen molar-refractivity contribution in [3.8, 4) is 0 Å². The number of hydrogen-bond donors (Lipinski definition) is 0. The molecule has 1 aromatic rings. The zero-order valence-corrected chi connectivity index (χ0v) is 5.62. The van der Waals surface area contributed by atoms with Crippen LogP contribution in [-0.2, 0) is 6.54 Å². The Balaban J connectivity index is 2.30. The number of rotatable bonds is 3. The monoisotopic (exact) mass is 146 g/mol. The molecule has 0 bridgehead atoms. The summed E-state index contributed by atoms with van der Waals surface area (Å²) < 4.78 is 0. The Morgan fingerprint density at radius 3 is 3.00 bits per heavy atom. The van der Waals surface area contributed by atoms with E-state index in [0.29, 0.717) is 5.88 Å². The van der Waals surface area contributed by atoms with Gasteiger partial charge >= 0.3 is 0 Å². The van der Waals surface area contributed by atoms with Crippen LogP contribution < -0.4 is 0 Å². The molecule has 0 atom stereocenters. The Hall–Kier alpha value is -0.640. The fourth-order valence-electron chi connectivity index (χ4n) is 0.492. The van der Waals surface area contributed by atoms with Crippen LogP contribution in [0.4, 0.5) is 0 Å². The molecule has 0 N–H and O–H groups in total. The molecule has 0 aliphatic carbocycles. The highest BCUT2D eigenvalue weighted by Crippen LogP contribution is 1.86. The van der Waals surface area contributed by atoms with Gasteiger partial charge in [-0.15, -0.1) is 21.8 Å². The Morgan fingerprint density at radius 1 is 1.56 bits per heavy atom. The highest BCUT2D eigenvalue weighted by molar-refractivity contribution is 6.17. The highest BCUT2D eigenvalue weighted by atomic mass is 35.5. The molecule has 0 radical (unpaired) electrons. The second kappa shape index (κ2) is 3.40. The SMILES string of the molecule is ClCCCn1ncnn1. The lowest BCUT2D eigenvalue weighted by atomic mass is 10.5. The molecule has 9 heavy (non-hydrogen) atoms. The lowest BCUT2D eigenvalue weighted by Crippen LogP contribution is -2.02. The van der Waals surface area contributed by atoms with Crippen molar-refractivity contribution in [3.05, 3.63) is 6.33 Å². The summed E-state index contributed by atoms with van der Waals surface area (Å²) in [7, 11) is 0. The fourth-order valence-corrected chi connectivity index (χ4v) is 0.612. The van der Waals surface area contributed by atoms with Gasteiger partial charge in [-0.2, -0.15) is 4.80 Å². The van der Waals surface area contributed by atoms with E-state index in [1.165, 1.54) is 11.1 Å². The van der Waals surface area contributed by atoms with Crippen molar-refractivity contribution in [1.29, 1.82) is 0 Å². The average molecular weight is 147 g/mol. The van der Waals surface area contributed by atoms with Gasteiger partial charge in [-0.25, -0.2) is 0 Å². The summed E-state index contributed by atoms with van der Waals surface area (Å²) in [6.45, 7) is 0.753. The summed E-state index contributed by atoms with van der Waals surface area (Å²) in [5.41, 5.74) is 0. The molecule has 0 spiro atoms. The van der Waals surface area contributed by atoms with E-state index in [0.717, 1.165) is 13.0 Å². The van der Waals surface area contributed by atoms with Crippen molar-refractivity contribution in [3.63, 3.8) is 0 Å². The molecule has 0 aliphatic rings. The van der Waals surface area contributed by atoms with Crippen LogP contribution in [0.2, 0.25) is 0 Å². The van der Waals surface area contributed by atoms with Crippen LogP contribution in [0.15, 0.2) is 6.33 Å². The molecule has 1 heterocycles. The lowest BCUT2D eigenvalue weighted by Gasteiger charge is -1.91. The molecular formula is C4H7ClN4. The summed E-state index contributed by atoms with van der Waals surface area (Å²) >= 11 is 5.43. The third-order valence-corrected chi connectivity index (χ3v) is 1.15. The predicted octanol–water partition coefficient (Wildman–Crippen LogP) is 0.302. The molecule has 0 fully saturated rings. The lowest BCUT2D eigenvalue weighted by molar-refractivity contribution is 0.516. The summed E-state index contributed by atoms with van der Waals surface area (Å²) in [4.78, 5) is 1.52. The van der Waals surface area contributed by atoms with Gasteiger partial charge < -0.3 is 0 Å². The molecule has 4 nitrogen and oxygen atoms in total. The van der Waals surface area contributed by atoms with Crippen LogP contribution in [0.3, 0.4) is 0 Å². The normalized spacial score (nSPS) is 9.89. The number of alkyl halides is 1. The highest BCUT2D eigenvalue weighted by Gasteiger charge is 1.89. The van der Waals surface area contributed by atoms with Crippen molar-refractivity contribution in [2.45, 2.75) is 13.0 Å². The van der Waals surface area contributed by atoms with Gasteiger partial charge in [0.2, 0.25) is 0 Å². The van der Waals surface area contributed by atoms with E-state index in [-0.39, 0.29) is 0 Å². The van der Waals surface area contributed by atoms with Crippen molar-refractivity contribution < 1.29 is 0 Å². The molecule has 1 aromatic heterocycles. The van der Waals surface area contributed by atoms with Gasteiger partial charge in [0.1, 0.15) is 0 Å². The number of tetrazole rings is 1. The topological polar surface area (TPSA) is 43.6 Å². The van der Waals surface area contributed by atoms with Crippen LogP contribution in [0.25, 0.3) is 0 Å².